The van der Waals surface area contributed by atoms with Gasteiger partial charge in [0.25, 0.3) is 0 Å². The molecule has 10 nitrogen and oxygen atoms in total. The highest BCUT2D eigenvalue weighted by atomic mass is 16.6. The highest BCUT2D eigenvalue weighted by molar-refractivity contribution is 5.88. The fourth-order valence-corrected chi connectivity index (χ4v) is 7.31. The molecule has 1 aromatic carbocycles. The van der Waals surface area contributed by atoms with Crippen molar-refractivity contribution < 1.29 is 33.8 Å². The number of benzene rings is 1. The van der Waals surface area contributed by atoms with E-state index in [1.807, 2.05) is 35.2 Å². The van der Waals surface area contributed by atoms with Crippen LogP contribution in [0.15, 0.2) is 30.3 Å². The standard InChI is InChI=1S/C33H47N3O7/c1-3-42-32(40)26(34-21(2)30(37)36-27-12-8-7-11-25(27)19-28(36)31(38)39)17-18-35(29(23-13-14-23)24-15-16-24)33(41)43-20-22-9-5-4-6-10-22/h4-6,9-10,21,23-29,34H,3,7-8,11-20H2,1-2H3,(H,38,39)/t21-,25?,26-,27?,28-/m0/s1. The van der Waals surface area contributed by atoms with Gasteiger partial charge in [0.15, 0.2) is 0 Å². The van der Waals surface area contributed by atoms with Gasteiger partial charge >= 0.3 is 18.0 Å². The minimum absolute atomic E-state index is 0.0781. The van der Waals surface area contributed by atoms with E-state index in [1.165, 1.54) is 0 Å². The van der Waals surface area contributed by atoms with Crippen LogP contribution in [0.4, 0.5) is 4.79 Å². The van der Waals surface area contributed by atoms with Gasteiger partial charge in [-0.3, -0.25) is 14.9 Å². The summed E-state index contributed by atoms with van der Waals surface area (Å²) in [6.45, 7) is 4.07. The molecule has 3 saturated carbocycles. The number of carboxylic acids is 1. The van der Waals surface area contributed by atoms with Gasteiger partial charge in [-0.25, -0.2) is 9.59 Å². The molecule has 1 aliphatic heterocycles. The molecule has 2 unspecified atom stereocenters. The zero-order valence-corrected chi connectivity index (χ0v) is 25.5. The lowest BCUT2D eigenvalue weighted by Gasteiger charge is -2.36. The zero-order chi connectivity index (χ0) is 30.5. The van der Waals surface area contributed by atoms with Crippen molar-refractivity contribution >= 4 is 23.9 Å². The molecular weight excluding hydrogens is 550 g/mol. The molecule has 4 aliphatic rings. The Morgan fingerprint density at radius 3 is 2.30 bits per heavy atom. The number of carbonyl (C=O) groups is 4. The SMILES string of the molecule is CCOC(=O)[C@H](CCN(C(=O)OCc1ccccc1)C(C1CC1)C1CC1)N[C@@H](C)C(=O)N1C2CCCCC2C[C@H]1C(=O)O. The second kappa shape index (κ2) is 14.1. The quantitative estimate of drug-likeness (QED) is 0.303. The Balaban J connectivity index is 1.28. The maximum atomic E-state index is 13.8. The fourth-order valence-electron chi connectivity index (χ4n) is 7.31. The lowest BCUT2D eigenvalue weighted by Crippen LogP contribution is -2.56. The van der Waals surface area contributed by atoms with Crippen molar-refractivity contribution in [3.8, 4) is 0 Å². The Kier molecular flexibility index (Phi) is 10.3. The monoisotopic (exact) mass is 597 g/mol. The van der Waals surface area contributed by atoms with E-state index in [9.17, 15) is 24.3 Å². The molecule has 43 heavy (non-hydrogen) atoms. The average Bonchev–Trinajstić information content (AvgIpc) is 3.95. The van der Waals surface area contributed by atoms with Crippen LogP contribution in [-0.4, -0.2) is 82.2 Å². The third-order valence-corrected chi connectivity index (χ3v) is 9.69. The van der Waals surface area contributed by atoms with Gasteiger partial charge in [0.1, 0.15) is 18.7 Å². The third kappa shape index (κ3) is 7.69. The van der Waals surface area contributed by atoms with E-state index >= 15 is 0 Å². The van der Waals surface area contributed by atoms with Crippen molar-refractivity contribution in [2.75, 3.05) is 13.2 Å². The molecule has 0 spiro atoms. The second-order valence-electron chi connectivity index (χ2n) is 12.8. The molecule has 2 amide bonds. The minimum Gasteiger partial charge on any atom is -0.480 e. The van der Waals surface area contributed by atoms with Gasteiger partial charge < -0.3 is 24.4 Å². The summed E-state index contributed by atoms with van der Waals surface area (Å²) < 4.78 is 11.2. The van der Waals surface area contributed by atoms with E-state index in [2.05, 4.69) is 5.32 Å². The van der Waals surface area contributed by atoms with Crippen LogP contribution in [0.25, 0.3) is 0 Å². The number of hydrogen-bond acceptors (Lipinski definition) is 7. The molecule has 0 radical (unpaired) electrons. The van der Waals surface area contributed by atoms with Gasteiger partial charge in [-0.1, -0.05) is 43.2 Å². The third-order valence-electron chi connectivity index (χ3n) is 9.69. The summed E-state index contributed by atoms with van der Waals surface area (Å²) in [5.41, 5.74) is 0.908. The number of carbonyl (C=O) groups excluding carboxylic acids is 3. The number of carboxylic acid groups (broad SMARTS) is 1. The van der Waals surface area contributed by atoms with Crippen molar-refractivity contribution in [3.63, 3.8) is 0 Å². The predicted octanol–water partition coefficient (Wildman–Crippen LogP) is 4.36. The topological polar surface area (TPSA) is 125 Å². The molecule has 5 atom stereocenters. The van der Waals surface area contributed by atoms with Gasteiger partial charge in [-0.2, -0.15) is 0 Å². The first-order valence-electron chi connectivity index (χ1n) is 16.2. The Hall–Kier alpha value is -3.14. The second-order valence-corrected chi connectivity index (χ2v) is 12.8. The van der Waals surface area contributed by atoms with Crippen LogP contribution in [0.5, 0.6) is 0 Å². The normalized spacial score (nSPS) is 24.6. The Bertz CT molecular complexity index is 1130. The summed E-state index contributed by atoms with van der Waals surface area (Å²) in [5, 5.41) is 13.1. The van der Waals surface area contributed by atoms with E-state index in [4.69, 9.17) is 9.47 Å². The van der Waals surface area contributed by atoms with E-state index in [1.54, 1.807) is 18.7 Å². The van der Waals surface area contributed by atoms with Gasteiger partial charge in [0.05, 0.1) is 12.6 Å². The highest BCUT2D eigenvalue weighted by Gasteiger charge is 2.49. The number of rotatable bonds is 14. The molecule has 1 heterocycles. The van der Waals surface area contributed by atoms with Gasteiger partial charge in [0, 0.05) is 18.6 Å². The van der Waals surface area contributed by atoms with Crippen LogP contribution in [0.1, 0.15) is 83.6 Å². The molecule has 1 saturated heterocycles. The lowest BCUT2D eigenvalue weighted by molar-refractivity contribution is -0.152. The van der Waals surface area contributed by atoms with E-state index in [-0.39, 0.29) is 56.2 Å². The van der Waals surface area contributed by atoms with Gasteiger partial charge in [0.2, 0.25) is 5.91 Å². The predicted molar refractivity (Wildman–Crippen MR) is 159 cm³/mol. The number of nitrogens with one attached hydrogen (secondary N) is 1. The van der Waals surface area contributed by atoms with Crippen molar-refractivity contribution in [3.05, 3.63) is 35.9 Å². The molecule has 4 fully saturated rings. The Morgan fingerprint density at radius 2 is 1.67 bits per heavy atom. The van der Waals surface area contributed by atoms with Crippen LogP contribution >= 0.6 is 0 Å². The first-order valence-corrected chi connectivity index (χ1v) is 16.2. The number of nitrogens with zero attached hydrogens (tertiary/aromatic N) is 2. The summed E-state index contributed by atoms with van der Waals surface area (Å²) in [5.74, 6) is -0.683. The molecule has 2 N–H and O–H groups in total. The maximum Gasteiger partial charge on any atom is 0.410 e. The summed E-state index contributed by atoms with van der Waals surface area (Å²) in [6, 6.07) is 7.08. The van der Waals surface area contributed by atoms with E-state index < -0.39 is 30.1 Å². The summed E-state index contributed by atoms with van der Waals surface area (Å²) >= 11 is 0. The first-order chi connectivity index (χ1) is 20.8. The van der Waals surface area contributed by atoms with E-state index in [0.29, 0.717) is 18.3 Å². The molecule has 0 bridgehead atoms. The first kappa shape index (κ1) is 31.3. The number of likely N-dealkylation sites (tertiary alicyclic amines) is 1. The molecule has 3 aliphatic carbocycles. The van der Waals surface area contributed by atoms with Crippen molar-refractivity contribution in [1.82, 2.24) is 15.1 Å². The summed E-state index contributed by atoms with van der Waals surface area (Å²) in [7, 11) is 0. The number of ether oxygens (including phenoxy) is 2. The molecular formula is C33H47N3O7. The van der Waals surface area contributed by atoms with Gasteiger partial charge in [-0.15, -0.1) is 0 Å². The molecule has 0 aromatic heterocycles. The van der Waals surface area contributed by atoms with Gasteiger partial charge in [-0.05, 0) is 88.5 Å². The van der Waals surface area contributed by atoms with Crippen molar-refractivity contribution in [2.45, 2.75) is 115 Å². The van der Waals surface area contributed by atoms with Crippen LogP contribution < -0.4 is 5.32 Å². The highest BCUT2D eigenvalue weighted by Crippen LogP contribution is 2.47. The minimum atomic E-state index is -0.979. The number of hydrogen-bond donors (Lipinski definition) is 2. The van der Waals surface area contributed by atoms with E-state index in [0.717, 1.165) is 56.9 Å². The van der Waals surface area contributed by atoms with Crippen LogP contribution in [0, 0.1) is 17.8 Å². The van der Waals surface area contributed by atoms with Crippen LogP contribution in [0.3, 0.4) is 0 Å². The average molecular weight is 598 g/mol. The number of aliphatic carboxylic acids is 1. The lowest BCUT2D eigenvalue weighted by atomic mass is 9.84. The Morgan fingerprint density at radius 1 is 1.00 bits per heavy atom. The summed E-state index contributed by atoms with van der Waals surface area (Å²) in [6.07, 6.45) is 8.44. The largest absolute Gasteiger partial charge is 0.480 e. The van der Waals surface area contributed by atoms with Crippen molar-refractivity contribution in [1.29, 1.82) is 0 Å². The molecule has 5 rings (SSSR count). The number of amides is 2. The zero-order valence-electron chi connectivity index (χ0n) is 25.5. The molecule has 10 heteroatoms. The number of esters is 1. The summed E-state index contributed by atoms with van der Waals surface area (Å²) in [4.78, 5) is 55.9. The van der Waals surface area contributed by atoms with Crippen LogP contribution in [0.2, 0.25) is 0 Å². The Labute approximate surface area is 254 Å². The maximum absolute atomic E-state index is 13.8. The smallest absolute Gasteiger partial charge is 0.410 e. The number of fused-ring (bicyclic) bond motifs is 1. The van der Waals surface area contributed by atoms with Crippen molar-refractivity contribution in [2.24, 2.45) is 17.8 Å². The molecule has 236 valence electrons. The molecule has 1 aromatic rings. The fraction of sp³-hybridized carbons (Fsp3) is 0.697. The van der Waals surface area contributed by atoms with Crippen LogP contribution in [-0.2, 0) is 30.5 Å².